The second-order valence-electron chi connectivity index (χ2n) is 8.16. The van der Waals surface area contributed by atoms with E-state index in [0.29, 0.717) is 45.1 Å². The molecule has 0 saturated heterocycles. The zero-order valence-corrected chi connectivity index (χ0v) is 19.0. The van der Waals surface area contributed by atoms with E-state index in [2.05, 4.69) is 17.6 Å². The highest BCUT2D eigenvalue weighted by molar-refractivity contribution is 5.83. The Morgan fingerprint density at radius 1 is 0.839 bits per heavy atom. The van der Waals surface area contributed by atoms with E-state index < -0.39 is 12.0 Å². The topological polar surface area (TPSA) is 95.5 Å². The van der Waals surface area contributed by atoms with E-state index in [-0.39, 0.29) is 11.8 Å². The lowest BCUT2D eigenvalue weighted by molar-refractivity contribution is -0.142. The van der Waals surface area contributed by atoms with Crippen molar-refractivity contribution in [3.05, 3.63) is 35.9 Å². The van der Waals surface area contributed by atoms with Gasteiger partial charge in [-0.3, -0.25) is 9.59 Å². The standard InChI is InChI=1S/C25H40N2O4/c1-2-3-4-5-6-7-11-17-24(29)27-22(25(30)31)16-12-13-20-26-23(28)19-18-21-14-9-8-10-15-21/h8-10,14-15,22H,2-7,11-13,16-20H2,1H3,(H,26,28)(H,27,29)(H,30,31). The number of rotatable bonds is 18. The van der Waals surface area contributed by atoms with Crippen molar-refractivity contribution in [2.45, 2.75) is 96.4 Å². The zero-order chi connectivity index (χ0) is 22.7. The highest BCUT2D eigenvalue weighted by Gasteiger charge is 2.19. The molecule has 0 radical (unpaired) electrons. The summed E-state index contributed by atoms with van der Waals surface area (Å²) in [7, 11) is 0. The normalized spacial score (nSPS) is 11.6. The Hall–Kier alpha value is -2.37. The van der Waals surface area contributed by atoms with E-state index in [1.165, 1.54) is 25.7 Å². The van der Waals surface area contributed by atoms with E-state index in [0.717, 1.165) is 24.8 Å². The van der Waals surface area contributed by atoms with Gasteiger partial charge in [-0.15, -0.1) is 0 Å². The van der Waals surface area contributed by atoms with Crippen molar-refractivity contribution in [1.82, 2.24) is 10.6 Å². The van der Waals surface area contributed by atoms with Crippen molar-refractivity contribution in [3.63, 3.8) is 0 Å². The number of carboxylic acid groups (broad SMARTS) is 1. The number of benzene rings is 1. The third kappa shape index (κ3) is 14.3. The Morgan fingerprint density at radius 2 is 1.52 bits per heavy atom. The Kier molecular flexibility index (Phi) is 14.9. The molecule has 31 heavy (non-hydrogen) atoms. The highest BCUT2D eigenvalue weighted by atomic mass is 16.4. The molecule has 2 amide bonds. The Bertz CT molecular complexity index is 634. The molecule has 3 N–H and O–H groups in total. The summed E-state index contributed by atoms with van der Waals surface area (Å²) >= 11 is 0. The van der Waals surface area contributed by atoms with Crippen molar-refractivity contribution < 1.29 is 19.5 Å². The summed E-state index contributed by atoms with van der Waals surface area (Å²) < 4.78 is 0. The molecule has 0 spiro atoms. The van der Waals surface area contributed by atoms with Crippen LogP contribution in [0.25, 0.3) is 0 Å². The third-order valence-corrected chi connectivity index (χ3v) is 5.37. The fraction of sp³-hybridized carbons (Fsp3) is 0.640. The average molecular weight is 433 g/mol. The van der Waals surface area contributed by atoms with Gasteiger partial charge in [0.2, 0.25) is 11.8 Å². The van der Waals surface area contributed by atoms with Gasteiger partial charge in [-0.2, -0.15) is 0 Å². The second kappa shape index (κ2) is 17.3. The number of unbranched alkanes of at least 4 members (excludes halogenated alkanes) is 7. The minimum atomic E-state index is -1.00. The SMILES string of the molecule is CCCCCCCCCC(=O)NC(CCCCNC(=O)CCc1ccccc1)C(=O)O. The summed E-state index contributed by atoms with van der Waals surface area (Å²) in [6, 6.07) is 9.01. The summed E-state index contributed by atoms with van der Waals surface area (Å²) in [6.45, 7) is 2.71. The number of nitrogens with one attached hydrogen (secondary N) is 2. The second-order valence-corrected chi connectivity index (χ2v) is 8.16. The van der Waals surface area contributed by atoms with Crippen LogP contribution in [0.15, 0.2) is 30.3 Å². The van der Waals surface area contributed by atoms with Crippen LogP contribution >= 0.6 is 0 Å². The van der Waals surface area contributed by atoms with Crippen LogP contribution in [0.4, 0.5) is 0 Å². The molecule has 0 aliphatic heterocycles. The van der Waals surface area contributed by atoms with E-state index in [1.54, 1.807) is 0 Å². The quantitative estimate of drug-likeness (QED) is 0.295. The molecule has 1 unspecified atom stereocenters. The predicted octanol–water partition coefficient (Wildman–Crippen LogP) is 4.62. The molecule has 0 saturated carbocycles. The maximum Gasteiger partial charge on any atom is 0.326 e. The van der Waals surface area contributed by atoms with Gasteiger partial charge in [0.05, 0.1) is 0 Å². The molecular weight excluding hydrogens is 392 g/mol. The van der Waals surface area contributed by atoms with Crippen LogP contribution in [0.2, 0.25) is 0 Å². The van der Waals surface area contributed by atoms with E-state index in [9.17, 15) is 19.5 Å². The number of carboxylic acids is 1. The fourth-order valence-electron chi connectivity index (χ4n) is 3.46. The molecule has 1 rings (SSSR count). The van der Waals surface area contributed by atoms with E-state index in [1.807, 2.05) is 30.3 Å². The largest absolute Gasteiger partial charge is 0.480 e. The lowest BCUT2D eigenvalue weighted by atomic mass is 10.1. The Labute approximate surface area is 187 Å². The lowest BCUT2D eigenvalue weighted by Crippen LogP contribution is -2.40. The van der Waals surface area contributed by atoms with Gasteiger partial charge >= 0.3 is 5.97 Å². The minimum Gasteiger partial charge on any atom is -0.480 e. The zero-order valence-electron chi connectivity index (χ0n) is 19.0. The number of carbonyl (C=O) groups is 3. The molecule has 174 valence electrons. The van der Waals surface area contributed by atoms with Crippen molar-refractivity contribution in [3.8, 4) is 0 Å². The molecule has 0 heterocycles. The molecule has 6 nitrogen and oxygen atoms in total. The van der Waals surface area contributed by atoms with Crippen molar-refractivity contribution in [2.24, 2.45) is 0 Å². The maximum atomic E-state index is 12.0. The van der Waals surface area contributed by atoms with Crippen molar-refractivity contribution in [1.29, 1.82) is 0 Å². The third-order valence-electron chi connectivity index (χ3n) is 5.37. The van der Waals surface area contributed by atoms with Gasteiger partial charge in [-0.05, 0) is 37.7 Å². The van der Waals surface area contributed by atoms with Crippen molar-refractivity contribution in [2.75, 3.05) is 6.54 Å². The number of amides is 2. The maximum absolute atomic E-state index is 12.0. The lowest BCUT2D eigenvalue weighted by Gasteiger charge is -2.14. The molecule has 1 atom stereocenters. The molecule has 6 heteroatoms. The summed E-state index contributed by atoms with van der Waals surface area (Å²) in [5.74, 6) is -1.18. The molecule has 0 aliphatic rings. The number of aliphatic carboxylic acids is 1. The summed E-state index contributed by atoms with van der Waals surface area (Å²) in [5, 5.41) is 14.9. The van der Waals surface area contributed by atoms with Crippen LogP contribution in [0.3, 0.4) is 0 Å². The van der Waals surface area contributed by atoms with Gasteiger partial charge in [0, 0.05) is 19.4 Å². The van der Waals surface area contributed by atoms with Crippen LogP contribution < -0.4 is 10.6 Å². The first-order valence-electron chi connectivity index (χ1n) is 11.9. The van der Waals surface area contributed by atoms with Crippen LogP contribution in [0, 0.1) is 0 Å². The first-order valence-corrected chi connectivity index (χ1v) is 11.9. The van der Waals surface area contributed by atoms with Gasteiger partial charge < -0.3 is 15.7 Å². The molecular formula is C25H40N2O4. The van der Waals surface area contributed by atoms with Crippen LogP contribution in [0.1, 0.15) is 89.5 Å². The predicted molar refractivity (Wildman–Crippen MR) is 124 cm³/mol. The fourth-order valence-corrected chi connectivity index (χ4v) is 3.46. The number of hydrogen-bond donors (Lipinski definition) is 3. The Morgan fingerprint density at radius 3 is 2.19 bits per heavy atom. The number of carbonyl (C=O) groups excluding carboxylic acids is 2. The van der Waals surface area contributed by atoms with Gasteiger partial charge in [0.25, 0.3) is 0 Å². The number of aryl methyl sites for hydroxylation is 1. The van der Waals surface area contributed by atoms with Gasteiger partial charge in [0.1, 0.15) is 6.04 Å². The van der Waals surface area contributed by atoms with Crippen molar-refractivity contribution >= 4 is 17.8 Å². The number of hydrogen-bond acceptors (Lipinski definition) is 3. The smallest absolute Gasteiger partial charge is 0.326 e. The minimum absolute atomic E-state index is 0.00151. The van der Waals surface area contributed by atoms with Crippen LogP contribution in [0.5, 0.6) is 0 Å². The average Bonchev–Trinajstić information content (AvgIpc) is 2.76. The highest BCUT2D eigenvalue weighted by Crippen LogP contribution is 2.09. The van der Waals surface area contributed by atoms with E-state index in [4.69, 9.17) is 0 Å². The van der Waals surface area contributed by atoms with Gasteiger partial charge in [-0.25, -0.2) is 4.79 Å². The first-order chi connectivity index (χ1) is 15.0. The molecule has 0 fully saturated rings. The Balaban J connectivity index is 2.10. The molecule has 1 aromatic rings. The first kappa shape index (κ1) is 26.7. The van der Waals surface area contributed by atoms with Gasteiger partial charge in [0.15, 0.2) is 0 Å². The van der Waals surface area contributed by atoms with E-state index >= 15 is 0 Å². The monoisotopic (exact) mass is 432 g/mol. The summed E-state index contributed by atoms with van der Waals surface area (Å²) in [5.41, 5.74) is 1.13. The summed E-state index contributed by atoms with van der Waals surface area (Å²) in [6.07, 6.45) is 11.1. The van der Waals surface area contributed by atoms with Crippen LogP contribution in [-0.2, 0) is 20.8 Å². The summed E-state index contributed by atoms with van der Waals surface area (Å²) in [4.78, 5) is 35.4. The molecule has 0 aliphatic carbocycles. The molecule has 0 bridgehead atoms. The van der Waals surface area contributed by atoms with Gasteiger partial charge in [-0.1, -0.05) is 75.8 Å². The molecule has 0 aromatic heterocycles. The van der Waals surface area contributed by atoms with Crippen LogP contribution in [-0.4, -0.2) is 35.5 Å². The molecule has 1 aromatic carbocycles.